The van der Waals surface area contributed by atoms with Crippen molar-refractivity contribution >= 4 is 5.97 Å². The summed E-state index contributed by atoms with van der Waals surface area (Å²) in [6.45, 7) is 1.10. The molecule has 1 aliphatic heterocycles. The van der Waals surface area contributed by atoms with Gasteiger partial charge in [-0.25, -0.2) is 0 Å². The van der Waals surface area contributed by atoms with E-state index in [2.05, 4.69) is 5.92 Å². The number of nitrogens with zero attached hydrogens (tertiary/aromatic N) is 1. The number of rotatable bonds is 4. The summed E-state index contributed by atoms with van der Waals surface area (Å²) in [4.78, 5) is 12.6. The summed E-state index contributed by atoms with van der Waals surface area (Å²) in [6, 6.07) is -0.539. The highest BCUT2D eigenvalue weighted by Gasteiger charge is 2.35. The number of terminal acetylenes is 1. The molecule has 1 fully saturated rings. The van der Waals surface area contributed by atoms with Crippen molar-refractivity contribution in [2.24, 2.45) is 0 Å². The predicted molar refractivity (Wildman–Crippen MR) is 51.7 cm³/mol. The molecule has 0 aromatic heterocycles. The van der Waals surface area contributed by atoms with Crippen molar-refractivity contribution in [2.75, 3.05) is 13.1 Å². The monoisotopic (exact) mass is 197 g/mol. The molecule has 0 aromatic carbocycles. The Bertz CT molecular complexity index is 246. The number of carbonyl (C=O) groups is 1. The number of carboxylic acids is 1. The van der Waals surface area contributed by atoms with Gasteiger partial charge in [-0.15, -0.1) is 12.3 Å². The summed E-state index contributed by atoms with van der Waals surface area (Å²) in [6.07, 6.45) is 6.35. The molecule has 1 saturated heterocycles. The molecule has 0 radical (unpaired) electrons. The number of hydrogen-bond donors (Lipinski definition) is 2. The smallest absolute Gasteiger partial charge is 0.321 e. The lowest BCUT2D eigenvalue weighted by molar-refractivity contribution is -0.142. The zero-order chi connectivity index (χ0) is 10.6. The van der Waals surface area contributed by atoms with Gasteiger partial charge in [0.1, 0.15) is 6.04 Å². The summed E-state index contributed by atoms with van der Waals surface area (Å²) < 4.78 is 0. The maximum absolute atomic E-state index is 10.8. The highest BCUT2D eigenvalue weighted by molar-refractivity contribution is 5.74. The average molecular weight is 197 g/mol. The van der Waals surface area contributed by atoms with Gasteiger partial charge >= 0.3 is 5.97 Å². The van der Waals surface area contributed by atoms with Crippen LogP contribution >= 0.6 is 0 Å². The number of aliphatic hydroxyl groups is 1. The predicted octanol–water partition coefficient (Wildman–Crippen LogP) is -0.0804. The fourth-order valence-corrected chi connectivity index (χ4v) is 1.77. The van der Waals surface area contributed by atoms with Crippen LogP contribution in [-0.4, -0.2) is 46.3 Å². The van der Waals surface area contributed by atoms with Gasteiger partial charge in [-0.05, 0) is 6.42 Å². The van der Waals surface area contributed by atoms with Crippen molar-refractivity contribution < 1.29 is 15.0 Å². The van der Waals surface area contributed by atoms with Crippen LogP contribution in [0.1, 0.15) is 19.3 Å². The van der Waals surface area contributed by atoms with E-state index >= 15 is 0 Å². The third-order valence-electron chi connectivity index (χ3n) is 2.43. The molecular formula is C10H15NO3. The first-order chi connectivity index (χ1) is 6.65. The van der Waals surface area contributed by atoms with Gasteiger partial charge in [0, 0.05) is 25.9 Å². The second-order valence-electron chi connectivity index (χ2n) is 3.55. The minimum absolute atomic E-state index is 0.325. The topological polar surface area (TPSA) is 60.8 Å². The Morgan fingerprint density at radius 2 is 2.36 bits per heavy atom. The Morgan fingerprint density at radius 1 is 1.64 bits per heavy atom. The van der Waals surface area contributed by atoms with Crippen molar-refractivity contribution in [1.82, 2.24) is 4.90 Å². The van der Waals surface area contributed by atoms with E-state index in [1.165, 1.54) is 0 Å². The van der Waals surface area contributed by atoms with Crippen molar-refractivity contribution in [3.05, 3.63) is 0 Å². The van der Waals surface area contributed by atoms with Gasteiger partial charge in [0.05, 0.1) is 6.10 Å². The number of likely N-dealkylation sites (tertiary alicyclic amines) is 1. The fraction of sp³-hybridized carbons (Fsp3) is 0.700. The van der Waals surface area contributed by atoms with Crippen LogP contribution in [0.15, 0.2) is 0 Å². The van der Waals surface area contributed by atoms with Crippen LogP contribution in [0.2, 0.25) is 0 Å². The van der Waals surface area contributed by atoms with Gasteiger partial charge in [0.15, 0.2) is 0 Å². The first kappa shape index (κ1) is 11.0. The molecule has 0 aromatic rings. The molecule has 14 heavy (non-hydrogen) atoms. The molecule has 78 valence electrons. The molecule has 2 N–H and O–H groups in total. The van der Waals surface area contributed by atoms with Crippen molar-refractivity contribution in [3.63, 3.8) is 0 Å². The van der Waals surface area contributed by atoms with E-state index in [4.69, 9.17) is 11.5 Å². The van der Waals surface area contributed by atoms with Gasteiger partial charge in [-0.3, -0.25) is 9.69 Å². The molecular weight excluding hydrogens is 182 g/mol. The Kier molecular flexibility index (Phi) is 3.93. The number of aliphatic hydroxyl groups excluding tert-OH is 1. The summed E-state index contributed by atoms with van der Waals surface area (Å²) in [5, 5.41) is 18.2. The highest BCUT2D eigenvalue weighted by Crippen LogP contribution is 2.18. The molecule has 1 heterocycles. The summed E-state index contributed by atoms with van der Waals surface area (Å²) in [5.74, 6) is 1.65. The van der Waals surface area contributed by atoms with Crippen molar-refractivity contribution in [2.45, 2.75) is 31.4 Å². The van der Waals surface area contributed by atoms with Gasteiger partial charge < -0.3 is 10.2 Å². The summed E-state index contributed by atoms with van der Waals surface area (Å²) in [5.41, 5.74) is 0. The molecule has 4 nitrogen and oxygen atoms in total. The highest BCUT2D eigenvalue weighted by atomic mass is 16.4. The van der Waals surface area contributed by atoms with Crippen LogP contribution in [0.3, 0.4) is 0 Å². The van der Waals surface area contributed by atoms with E-state index in [1.807, 2.05) is 0 Å². The van der Waals surface area contributed by atoms with E-state index < -0.39 is 18.1 Å². The third-order valence-corrected chi connectivity index (χ3v) is 2.43. The zero-order valence-corrected chi connectivity index (χ0v) is 8.02. The van der Waals surface area contributed by atoms with E-state index in [0.717, 1.165) is 6.42 Å². The maximum Gasteiger partial charge on any atom is 0.321 e. The van der Waals surface area contributed by atoms with Crippen LogP contribution in [-0.2, 0) is 4.79 Å². The number of unbranched alkanes of at least 4 members (excludes halogenated alkanes) is 1. The Balaban J connectivity index is 2.42. The molecule has 1 rings (SSSR count). The minimum atomic E-state index is -0.859. The van der Waals surface area contributed by atoms with Gasteiger partial charge in [0.25, 0.3) is 0 Å². The molecule has 2 unspecified atom stereocenters. The molecule has 0 amide bonds. The van der Waals surface area contributed by atoms with E-state index in [-0.39, 0.29) is 0 Å². The lowest BCUT2D eigenvalue weighted by Crippen LogP contribution is -2.36. The van der Waals surface area contributed by atoms with Crippen molar-refractivity contribution in [3.8, 4) is 12.3 Å². The van der Waals surface area contributed by atoms with E-state index in [9.17, 15) is 9.90 Å². The second-order valence-corrected chi connectivity index (χ2v) is 3.55. The van der Waals surface area contributed by atoms with Gasteiger partial charge in [-0.2, -0.15) is 0 Å². The average Bonchev–Trinajstić information content (AvgIpc) is 2.47. The minimum Gasteiger partial charge on any atom is -0.480 e. The number of β-amino-alcohol motifs (C(OH)–C–C–N with tert-alkyl or cyclic N) is 1. The summed E-state index contributed by atoms with van der Waals surface area (Å²) >= 11 is 0. The SMILES string of the molecule is C#CCCCN1CC(O)CC1C(=O)O. The summed E-state index contributed by atoms with van der Waals surface area (Å²) in [7, 11) is 0. The van der Waals surface area contributed by atoms with Crippen LogP contribution in [0.4, 0.5) is 0 Å². The Morgan fingerprint density at radius 3 is 2.93 bits per heavy atom. The van der Waals surface area contributed by atoms with Crippen LogP contribution in [0.5, 0.6) is 0 Å². The molecule has 0 saturated carbocycles. The van der Waals surface area contributed by atoms with E-state index in [1.54, 1.807) is 4.90 Å². The van der Waals surface area contributed by atoms with Crippen LogP contribution in [0.25, 0.3) is 0 Å². The normalized spacial score (nSPS) is 27.4. The largest absolute Gasteiger partial charge is 0.480 e. The molecule has 0 bridgehead atoms. The number of aliphatic carboxylic acids is 1. The third kappa shape index (κ3) is 2.72. The van der Waals surface area contributed by atoms with Gasteiger partial charge in [0.2, 0.25) is 0 Å². The Labute approximate surface area is 83.5 Å². The molecule has 0 aliphatic carbocycles. The van der Waals surface area contributed by atoms with Gasteiger partial charge in [-0.1, -0.05) is 0 Å². The number of carboxylic acid groups (broad SMARTS) is 1. The lowest BCUT2D eigenvalue weighted by atomic mass is 10.2. The van der Waals surface area contributed by atoms with Crippen molar-refractivity contribution in [1.29, 1.82) is 0 Å². The second kappa shape index (κ2) is 4.99. The lowest BCUT2D eigenvalue weighted by Gasteiger charge is -2.19. The fourth-order valence-electron chi connectivity index (χ4n) is 1.77. The molecule has 4 heteroatoms. The van der Waals surface area contributed by atoms with E-state index in [0.29, 0.717) is 25.9 Å². The van der Waals surface area contributed by atoms with Crippen LogP contribution in [0, 0.1) is 12.3 Å². The van der Waals surface area contributed by atoms with Crippen LogP contribution < -0.4 is 0 Å². The first-order valence-electron chi connectivity index (χ1n) is 4.73. The Hall–Kier alpha value is -1.05. The first-order valence-corrected chi connectivity index (χ1v) is 4.73. The standard InChI is InChI=1S/C10H15NO3/c1-2-3-4-5-11-7-8(12)6-9(11)10(13)14/h1,8-9,12H,3-7H2,(H,13,14). The molecule has 2 atom stereocenters. The quantitative estimate of drug-likeness (QED) is 0.489. The molecule has 1 aliphatic rings. The number of hydrogen-bond acceptors (Lipinski definition) is 3. The molecule has 0 spiro atoms. The maximum atomic E-state index is 10.8. The zero-order valence-electron chi connectivity index (χ0n) is 8.02.